The van der Waals surface area contributed by atoms with Crippen LogP contribution in [0.1, 0.15) is 26.7 Å². The lowest BCUT2D eigenvalue weighted by Gasteiger charge is -2.31. The number of carbonyl (C=O) groups is 2. The molecule has 0 bridgehead atoms. The van der Waals surface area contributed by atoms with Gasteiger partial charge < -0.3 is 20.1 Å². The van der Waals surface area contributed by atoms with Crippen LogP contribution < -0.4 is 5.32 Å². The minimum Gasteiger partial charge on any atom is -0.479 e. The normalized spacial score (nSPS) is 19.9. The number of nitrogens with one attached hydrogen (secondary N) is 1. The Kier molecular flexibility index (Phi) is 5.91. The highest BCUT2D eigenvalue weighted by molar-refractivity contribution is 5.77. The van der Waals surface area contributed by atoms with Crippen molar-refractivity contribution in [3.63, 3.8) is 0 Å². The van der Waals surface area contributed by atoms with Gasteiger partial charge >= 0.3 is 12.0 Å². The van der Waals surface area contributed by atoms with Crippen molar-refractivity contribution in [2.75, 3.05) is 26.2 Å². The lowest BCUT2D eigenvalue weighted by molar-refractivity contribution is -0.154. The lowest BCUT2D eigenvalue weighted by atomic mass is 10.0. The fraction of sp³-hybridized carbons (Fsp3) is 0.833. The molecule has 2 N–H and O–H groups in total. The van der Waals surface area contributed by atoms with Crippen molar-refractivity contribution >= 4 is 12.0 Å². The Labute approximate surface area is 107 Å². The SMILES string of the molecule is CCC(CC)CNC(=O)N1CCOC(C(=O)O)C1. The monoisotopic (exact) mass is 258 g/mol. The summed E-state index contributed by atoms with van der Waals surface area (Å²) in [6.07, 6.45) is 1.15. The van der Waals surface area contributed by atoms with E-state index < -0.39 is 12.1 Å². The Hall–Kier alpha value is -1.30. The lowest BCUT2D eigenvalue weighted by Crippen LogP contribution is -2.52. The largest absolute Gasteiger partial charge is 0.479 e. The van der Waals surface area contributed by atoms with Gasteiger partial charge in [-0.25, -0.2) is 9.59 Å². The van der Waals surface area contributed by atoms with Crippen LogP contribution in [0.25, 0.3) is 0 Å². The van der Waals surface area contributed by atoms with Crippen molar-refractivity contribution in [3.05, 3.63) is 0 Å². The number of carbonyl (C=O) groups excluding carboxylic acids is 1. The van der Waals surface area contributed by atoms with Gasteiger partial charge in [-0.1, -0.05) is 26.7 Å². The third-order valence-electron chi connectivity index (χ3n) is 3.33. The van der Waals surface area contributed by atoms with Crippen LogP contribution in [0, 0.1) is 5.92 Å². The molecular formula is C12H22N2O4. The zero-order chi connectivity index (χ0) is 13.5. The number of morpholine rings is 1. The summed E-state index contributed by atoms with van der Waals surface area (Å²) in [5.41, 5.74) is 0. The van der Waals surface area contributed by atoms with E-state index in [0.717, 1.165) is 12.8 Å². The molecule has 1 saturated heterocycles. The summed E-state index contributed by atoms with van der Waals surface area (Å²) < 4.78 is 5.07. The summed E-state index contributed by atoms with van der Waals surface area (Å²) in [5.74, 6) is -0.544. The predicted molar refractivity (Wildman–Crippen MR) is 66.4 cm³/mol. The Morgan fingerprint density at radius 3 is 2.67 bits per heavy atom. The van der Waals surface area contributed by atoms with Crippen molar-refractivity contribution in [1.82, 2.24) is 10.2 Å². The van der Waals surface area contributed by atoms with E-state index in [4.69, 9.17) is 9.84 Å². The van der Waals surface area contributed by atoms with Gasteiger partial charge in [0.1, 0.15) is 0 Å². The first-order valence-corrected chi connectivity index (χ1v) is 6.45. The van der Waals surface area contributed by atoms with Crippen molar-refractivity contribution in [3.8, 4) is 0 Å². The fourth-order valence-corrected chi connectivity index (χ4v) is 1.90. The summed E-state index contributed by atoms with van der Waals surface area (Å²) in [6, 6.07) is -0.198. The van der Waals surface area contributed by atoms with E-state index in [1.54, 1.807) is 0 Å². The summed E-state index contributed by atoms with van der Waals surface area (Å²) in [4.78, 5) is 24.2. The van der Waals surface area contributed by atoms with Crippen LogP contribution in [0.3, 0.4) is 0 Å². The van der Waals surface area contributed by atoms with Gasteiger partial charge in [-0.05, 0) is 5.92 Å². The molecule has 0 aromatic carbocycles. The van der Waals surface area contributed by atoms with Gasteiger partial charge in [0, 0.05) is 13.1 Å². The highest BCUT2D eigenvalue weighted by atomic mass is 16.5. The number of urea groups is 1. The Balaban J connectivity index is 2.39. The van der Waals surface area contributed by atoms with Crippen molar-refractivity contribution in [2.45, 2.75) is 32.8 Å². The Morgan fingerprint density at radius 1 is 1.44 bits per heavy atom. The number of hydrogen-bond donors (Lipinski definition) is 2. The van der Waals surface area contributed by atoms with Gasteiger partial charge in [0.15, 0.2) is 6.10 Å². The maximum absolute atomic E-state index is 11.9. The fourth-order valence-electron chi connectivity index (χ4n) is 1.90. The van der Waals surface area contributed by atoms with E-state index >= 15 is 0 Å². The van der Waals surface area contributed by atoms with Crippen LogP contribution in [-0.4, -0.2) is 54.4 Å². The number of amides is 2. The second kappa shape index (κ2) is 7.20. The number of carboxylic acid groups (broad SMARTS) is 1. The van der Waals surface area contributed by atoms with Gasteiger partial charge in [-0.15, -0.1) is 0 Å². The maximum Gasteiger partial charge on any atom is 0.334 e. The molecule has 0 aromatic rings. The first-order valence-electron chi connectivity index (χ1n) is 6.45. The topological polar surface area (TPSA) is 78.9 Å². The number of rotatable bonds is 5. The van der Waals surface area contributed by atoms with Crippen molar-refractivity contribution in [1.29, 1.82) is 0 Å². The molecule has 0 radical (unpaired) electrons. The first kappa shape index (κ1) is 14.8. The average molecular weight is 258 g/mol. The molecule has 0 aliphatic carbocycles. The summed E-state index contributed by atoms with van der Waals surface area (Å²) in [5, 5.41) is 11.7. The van der Waals surface area contributed by atoms with Gasteiger partial charge in [0.2, 0.25) is 0 Å². The second-order valence-electron chi connectivity index (χ2n) is 4.51. The summed E-state index contributed by atoms with van der Waals surface area (Å²) in [6.45, 7) is 5.66. The number of carboxylic acids is 1. The molecule has 0 saturated carbocycles. The minimum absolute atomic E-state index is 0.115. The van der Waals surface area contributed by atoms with Crippen molar-refractivity contribution in [2.24, 2.45) is 5.92 Å². The predicted octanol–water partition coefficient (Wildman–Crippen LogP) is 0.918. The van der Waals surface area contributed by atoms with E-state index in [9.17, 15) is 9.59 Å². The van der Waals surface area contributed by atoms with Crippen LogP contribution in [0.15, 0.2) is 0 Å². The molecule has 1 unspecified atom stereocenters. The highest BCUT2D eigenvalue weighted by Crippen LogP contribution is 2.08. The maximum atomic E-state index is 11.9. The number of nitrogens with zero attached hydrogens (tertiary/aromatic N) is 1. The second-order valence-corrected chi connectivity index (χ2v) is 4.51. The molecule has 2 amide bonds. The van der Waals surface area contributed by atoms with E-state index in [1.165, 1.54) is 4.90 Å². The molecule has 104 valence electrons. The van der Waals surface area contributed by atoms with Gasteiger partial charge in [-0.3, -0.25) is 0 Å². The first-order chi connectivity index (χ1) is 8.58. The van der Waals surface area contributed by atoms with Crippen LogP contribution in [0.2, 0.25) is 0 Å². The molecule has 1 aliphatic heterocycles. The average Bonchev–Trinajstić information content (AvgIpc) is 2.39. The van der Waals surface area contributed by atoms with E-state index in [1.807, 2.05) is 0 Å². The van der Waals surface area contributed by atoms with E-state index in [0.29, 0.717) is 19.0 Å². The molecule has 1 fully saturated rings. The number of aliphatic carboxylic acids is 1. The standard InChI is InChI=1S/C12H22N2O4/c1-3-9(4-2)7-13-12(17)14-5-6-18-10(8-14)11(15)16/h9-10H,3-8H2,1-2H3,(H,13,17)(H,15,16). The number of ether oxygens (including phenoxy) is 1. The van der Waals surface area contributed by atoms with Crippen LogP contribution in [0.5, 0.6) is 0 Å². The quantitative estimate of drug-likeness (QED) is 0.768. The van der Waals surface area contributed by atoms with Gasteiger partial charge in [0.25, 0.3) is 0 Å². The van der Waals surface area contributed by atoms with E-state index in [-0.39, 0.29) is 19.2 Å². The smallest absolute Gasteiger partial charge is 0.334 e. The molecule has 6 heteroatoms. The molecule has 1 aliphatic rings. The molecule has 6 nitrogen and oxygen atoms in total. The van der Waals surface area contributed by atoms with Crippen LogP contribution in [0.4, 0.5) is 4.79 Å². The molecule has 0 aromatic heterocycles. The zero-order valence-electron chi connectivity index (χ0n) is 11.0. The van der Waals surface area contributed by atoms with E-state index in [2.05, 4.69) is 19.2 Å². The molecule has 1 rings (SSSR count). The molecular weight excluding hydrogens is 236 g/mol. The third kappa shape index (κ3) is 4.18. The van der Waals surface area contributed by atoms with Crippen LogP contribution >= 0.6 is 0 Å². The summed E-state index contributed by atoms with van der Waals surface area (Å²) in [7, 11) is 0. The van der Waals surface area contributed by atoms with Gasteiger partial charge in [0.05, 0.1) is 13.2 Å². The number of hydrogen-bond acceptors (Lipinski definition) is 3. The third-order valence-corrected chi connectivity index (χ3v) is 3.33. The minimum atomic E-state index is -1.02. The highest BCUT2D eigenvalue weighted by Gasteiger charge is 2.28. The van der Waals surface area contributed by atoms with Crippen LogP contribution in [-0.2, 0) is 9.53 Å². The zero-order valence-corrected chi connectivity index (χ0v) is 11.0. The summed E-state index contributed by atoms with van der Waals surface area (Å²) >= 11 is 0. The molecule has 0 spiro atoms. The molecule has 18 heavy (non-hydrogen) atoms. The molecule has 1 atom stereocenters. The van der Waals surface area contributed by atoms with Gasteiger partial charge in [-0.2, -0.15) is 0 Å². The Morgan fingerprint density at radius 2 is 2.11 bits per heavy atom. The Bertz CT molecular complexity index is 292. The van der Waals surface area contributed by atoms with Crippen molar-refractivity contribution < 1.29 is 19.4 Å². The molecule has 1 heterocycles.